The fourth-order valence-corrected chi connectivity index (χ4v) is 1.79. The maximum Gasteiger partial charge on any atom is 0.411 e. The summed E-state index contributed by atoms with van der Waals surface area (Å²) in [7, 11) is 0. The third-order valence-corrected chi connectivity index (χ3v) is 2.69. The van der Waals surface area contributed by atoms with Crippen LogP contribution >= 0.6 is 0 Å². The summed E-state index contributed by atoms with van der Waals surface area (Å²) in [4.78, 5) is 22.3. The molecule has 22 heavy (non-hydrogen) atoms. The zero-order valence-electron chi connectivity index (χ0n) is 11.9. The Hall–Kier alpha value is -2.16. The van der Waals surface area contributed by atoms with Crippen molar-refractivity contribution in [1.82, 2.24) is 5.32 Å². The van der Waals surface area contributed by atoms with E-state index in [4.69, 9.17) is 0 Å². The van der Waals surface area contributed by atoms with E-state index in [9.17, 15) is 28.1 Å². The number of carbonyl (C=O) groups is 1. The summed E-state index contributed by atoms with van der Waals surface area (Å²) in [5, 5.41) is 13.3. The summed E-state index contributed by atoms with van der Waals surface area (Å²) < 4.78 is 40.3. The van der Waals surface area contributed by atoms with Crippen molar-refractivity contribution < 1.29 is 27.6 Å². The average Bonchev–Trinajstić information content (AvgIpc) is 2.36. The van der Waals surface area contributed by atoms with Crippen LogP contribution in [0.3, 0.4) is 0 Å². The van der Waals surface area contributed by atoms with Crippen LogP contribution in [0, 0.1) is 17.0 Å². The van der Waals surface area contributed by atoms with Gasteiger partial charge in [0.15, 0.2) is 0 Å². The fourth-order valence-electron chi connectivity index (χ4n) is 1.79. The molecule has 1 aromatic carbocycles. The first-order valence-corrected chi connectivity index (χ1v) is 6.31. The molecule has 0 radical (unpaired) electrons. The lowest BCUT2D eigenvalue weighted by Crippen LogP contribution is -2.37. The number of hydrogen-bond donors (Lipinski definition) is 1. The summed E-state index contributed by atoms with van der Waals surface area (Å²) in [6, 6.07) is 3.44. The molecule has 0 aromatic heterocycles. The van der Waals surface area contributed by atoms with Gasteiger partial charge in [0, 0.05) is 12.1 Å². The molecule has 1 atom stereocenters. The van der Waals surface area contributed by atoms with Gasteiger partial charge in [-0.2, -0.15) is 13.2 Å². The third kappa shape index (κ3) is 5.32. The molecule has 0 fully saturated rings. The Balaban J connectivity index is 2.71. The maximum absolute atomic E-state index is 12.1. The minimum absolute atomic E-state index is 0.116. The van der Waals surface area contributed by atoms with Gasteiger partial charge in [0.05, 0.1) is 11.5 Å². The van der Waals surface area contributed by atoms with E-state index in [-0.39, 0.29) is 17.9 Å². The van der Waals surface area contributed by atoms with Gasteiger partial charge in [-0.05, 0) is 19.4 Å². The van der Waals surface area contributed by atoms with Crippen molar-refractivity contribution >= 4 is 11.6 Å². The number of nitro groups is 1. The summed E-state index contributed by atoms with van der Waals surface area (Å²) >= 11 is 0. The lowest BCUT2D eigenvalue weighted by atomic mass is 10.1. The molecule has 0 aliphatic heterocycles. The second-order valence-corrected chi connectivity index (χ2v) is 4.73. The number of benzene rings is 1. The normalized spacial score (nSPS) is 12.8. The van der Waals surface area contributed by atoms with Gasteiger partial charge >= 0.3 is 6.18 Å². The van der Waals surface area contributed by atoms with Crippen molar-refractivity contribution in [1.29, 1.82) is 0 Å². The van der Waals surface area contributed by atoms with Crippen LogP contribution in [0.15, 0.2) is 18.2 Å². The van der Waals surface area contributed by atoms with E-state index >= 15 is 0 Å². The van der Waals surface area contributed by atoms with E-state index in [1.807, 2.05) is 0 Å². The zero-order chi connectivity index (χ0) is 16.9. The van der Waals surface area contributed by atoms with Gasteiger partial charge in [-0.1, -0.05) is 12.1 Å². The molecule has 0 bridgehead atoms. The van der Waals surface area contributed by atoms with Gasteiger partial charge in [-0.3, -0.25) is 14.9 Å². The fraction of sp³-hybridized carbons (Fsp3) is 0.462. The molecular formula is C13H15F3N2O4. The molecule has 0 aliphatic rings. The number of carbonyl (C=O) groups excluding carboxylic acids is 1. The molecule has 0 heterocycles. The van der Waals surface area contributed by atoms with Crippen molar-refractivity contribution in [3.63, 3.8) is 0 Å². The highest BCUT2D eigenvalue weighted by molar-refractivity contribution is 5.99. The quantitative estimate of drug-likeness (QED) is 0.645. The lowest BCUT2D eigenvalue weighted by Gasteiger charge is -2.16. The summed E-state index contributed by atoms with van der Waals surface area (Å²) in [5.74, 6) is -0.729. The Morgan fingerprint density at radius 1 is 1.45 bits per heavy atom. The number of nitro benzene ring substituents is 1. The highest BCUT2D eigenvalue weighted by Crippen LogP contribution is 2.21. The molecule has 0 saturated carbocycles. The monoisotopic (exact) mass is 320 g/mol. The van der Waals surface area contributed by atoms with Gasteiger partial charge in [-0.15, -0.1) is 0 Å². The first-order valence-electron chi connectivity index (χ1n) is 6.31. The molecule has 0 unspecified atom stereocenters. The Kier molecular flexibility index (Phi) is 5.86. The zero-order valence-corrected chi connectivity index (χ0v) is 11.9. The highest BCUT2D eigenvalue weighted by Gasteiger charge is 2.28. The summed E-state index contributed by atoms with van der Waals surface area (Å²) in [6.45, 7) is 1.20. The number of aryl methyl sites for hydroxylation is 1. The van der Waals surface area contributed by atoms with E-state index < -0.39 is 29.7 Å². The maximum atomic E-state index is 12.1. The predicted octanol–water partition coefficient (Wildman–Crippen LogP) is 2.60. The second kappa shape index (κ2) is 7.21. The summed E-state index contributed by atoms with van der Waals surface area (Å²) in [5.41, 5.74) is -0.0776. The number of nitrogens with one attached hydrogen (secondary N) is 1. The van der Waals surface area contributed by atoms with E-state index in [0.29, 0.717) is 5.56 Å². The number of nitrogens with zero attached hydrogens (tertiary/aromatic N) is 1. The number of alkyl halides is 3. The molecule has 6 nitrogen and oxygen atoms in total. The molecule has 0 spiro atoms. The first kappa shape index (κ1) is 17.9. The number of rotatable bonds is 6. The molecule has 1 amide bonds. The Morgan fingerprint density at radius 2 is 2.09 bits per heavy atom. The van der Waals surface area contributed by atoms with Crippen molar-refractivity contribution in [2.24, 2.45) is 0 Å². The van der Waals surface area contributed by atoms with Crippen LogP contribution in [0.2, 0.25) is 0 Å². The molecular weight excluding hydrogens is 305 g/mol. The number of hydrogen-bond acceptors (Lipinski definition) is 4. The minimum atomic E-state index is -4.45. The SMILES string of the molecule is Cc1cccc([N+](=O)[O-])c1C(=O)N[C@@H](C)COCC(F)(F)F. The predicted molar refractivity (Wildman–Crippen MR) is 71.6 cm³/mol. The largest absolute Gasteiger partial charge is 0.411 e. The van der Waals surface area contributed by atoms with Crippen LogP contribution in [-0.4, -0.2) is 36.3 Å². The lowest BCUT2D eigenvalue weighted by molar-refractivity contribution is -0.385. The molecule has 9 heteroatoms. The van der Waals surface area contributed by atoms with Crippen LogP contribution in [0.5, 0.6) is 0 Å². The molecule has 122 valence electrons. The van der Waals surface area contributed by atoms with Crippen LogP contribution in [-0.2, 0) is 4.74 Å². The van der Waals surface area contributed by atoms with Crippen LogP contribution in [0.4, 0.5) is 18.9 Å². The van der Waals surface area contributed by atoms with Crippen molar-refractivity contribution in [3.8, 4) is 0 Å². The van der Waals surface area contributed by atoms with Crippen LogP contribution in [0.1, 0.15) is 22.8 Å². The van der Waals surface area contributed by atoms with E-state index in [1.165, 1.54) is 32.0 Å². The van der Waals surface area contributed by atoms with E-state index in [0.717, 1.165) is 0 Å². The van der Waals surface area contributed by atoms with Gasteiger partial charge in [0.25, 0.3) is 11.6 Å². The van der Waals surface area contributed by atoms with Gasteiger partial charge in [-0.25, -0.2) is 0 Å². The standard InChI is InChI=1S/C13H15F3N2O4/c1-8-4-3-5-10(18(20)21)11(8)12(19)17-9(2)6-22-7-13(14,15)16/h3-5,9H,6-7H2,1-2H3,(H,17,19)/t9-/m0/s1. The third-order valence-electron chi connectivity index (χ3n) is 2.69. The Morgan fingerprint density at radius 3 is 2.64 bits per heavy atom. The first-order chi connectivity index (χ1) is 10.1. The highest BCUT2D eigenvalue weighted by atomic mass is 19.4. The van der Waals surface area contributed by atoms with E-state index in [2.05, 4.69) is 10.1 Å². The van der Waals surface area contributed by atoms with Crippen LogP contribution in [0.25, 0.3) is 0 Å². The average molecular weight is 320 g/mol. The minimum Gasteiger partial charge on any atom is -0.370 e. The molecule has 1 N–H and O–H groups in total. The van der Waals surface area contributed by atoms with Gasteiger partial charge in [0.1, 0.15) is 12.2 Å². The van der Waals surface area contributed by atoms with Crippen molar-refractivity contribution in [3.05, 3.63) is 39.4 Å². The topological polar surface area (TPSA) is 81.5 Å². The smallest absolute Gasteiger partial charge is 0.370 e. The number of ether oxygens (including phenoxy) is 1. The second-order valence-electron chi connectivity index (χ2n) is 4.73. The molecule has 1 rings (SSSR count). The van der Waals surface area contributed by atoms with Crippen molar-refractivity contribution in [2.45, 2.75) is 26.1 Å². The van der Waals surface area contributed by atoms with Gasteiger partial charge in [0.2, 0.25) is 0 Å². The van der Waals surface area contributed by atoms with Crippen molar-refractivity contribution in [2.75, 3.05) is 13.2 Å². The number of amides is 1. The molecule has 1 aromatic rings. The molecule has 0 aliphatic carbocycles. The molecule has 0 saturated heterocycles. The Bertz CT molecular complexity index is 561. The Labute approximate surface area is 124 Å². The van der Waals surface area contributed by atoms with E-state index in [1.54, 1.807) is 0 Å². The number of halogens is 3. The summed E-state index contributed by atoms with van der Waals surface area (Å²) in [6.07, 6.45) is -4.45. The van der Waals surface area contributed by atoms with Gasteiger partial charge < -0.3 is 10.1 Å². The van der Waals surface area contributed by atoms with Crippen LogP contribution < -0.4 is 5.32 Å².